The first-order chi connectivity index (χ1) is 9.78. The van der Waals surface area contributed by atoms with E-state index in [1.54, 1.807) is 18.2 Å². The van der Waals surface area contributed by atoms with Gasteiger partial charge in [-0.3, -0.25) is 14.8 Å². The number of nitrogens with zero attached hydrogens (tertiary/aromatic N) is 3. The predicted octanol–water partition coefficient (Wildman–Crippen LogP) is 1.09. The van der Waals surface area contributed by atoms with Gasteiger partial charge in [-0.1, -0.05) is 12.1 Å². The largest absolute Gasteiger partial charge is 0.396 e. The lowest BCUT2D eigenvalue weighted by Crippen LogP contribution is -2.11. The molecule has 0 aliphatic rings. The Morgan fingerprint density at radius 2 is 2.05 bits per heavy atom. The Bertz CT molecular complexity index is 782. The third kappa shape index (κ3) is 3.57. The van der Waals surface area contributed by atoms with Crippen molar-refractivity contribution in [1.82, 2.24) is 9.78 Å². The number of hydrogen-bond acceptors (Lipinski definition) is 6. The minimum absolute atomic E-state index is 0.0789. The number of aromatic nitrogens is 2. The summed E-state index contributed by atoms with van der Waals surface area (Å²) in [6.45, 7) is 0.143. The standard InChI is InChI=1S/C12H14N4O4S/c1-21(19,20)7-6-15-8-10(13)12(14-15)9-4-2-3-5-11(9)16(17)18/h2-5,8H,6-7,13H2,1H3. The Hall–Kier alpha value is -2.42. The molecule has 1 aromatic carbocycles. The van der Waals surface area contributed by atoms with E-state index in [4.69, 9.17) is 5.73 Å². The quantitative estimate of drug-likeness (QED) is 0.651. The Kier molecular flexibility index (Phi) is 3.94. The first kappa shape index (κ1) is 15.0. The number of nitro benzene ring substituents is 1. The Labute approximate surface area is 121 Å². The van der Waals surface area contributed by atoms with Crippen LogP contribution in [0.25, 0.3) is 11.3 Å². The third-order valence-electron chi connectivity index (χ3n) is 2.84. The number of benzene rings is 1. The van der Waals surface area contributed by atoms with Crippen LogP contribution < -0.4 is 5.73 Å². The molecule has 0 fully saturated rings. The Morgan fingerprint density at radius 1 is 1.38 bits per heavy atom. The van der Waals surface area contributed by atoms with E-state index >= 15 is 0 Å². The average Bonchev–Trinajstić information content (AvgIpc) is 2.77. The van der Waals surface area contributed by atoms with Crippen LogP contribution in [-0.2, 0) is 16.4 Å². The number of nitrogens with two attached hydrogens (primary N) is 1. The van der Waals surface area contributed by atoms with Crippen molar-refractivity contribution >= 4 is 21.2 Å². The molecule has 0 radical (unpaired) electrons. The molecule has 0 atom stereocenters. The maximum Gasteiger partial charge on any atom is 0.278 e. The van der Waals surface area contributed by atoms with E-state index in [9.17, 15) is 18.5 Å². The molecule has 1 aromatic heterocycles. The van der Waals surface area contributed by atoms with Crippen molar-refractivity contribution in [2.75, 3.05) is 17.7 Å². The second-order valence-electron chi connectivity index (χ2n) is 4.60. The summed E-state index contributed by atoms with van der Waals surface area (Å²) < 4.78 is 23.7. The van der Waals surface area contributed by atoms with Gasteiger partial charge in [0, 0.05) is 18.5 Å². The normalized spacial score (nSPS) is 11.5. The molecular formula is C12H14N4O4S. The number of sulfone groups is 1. The van der Waals surface area contributed by atoms with Crippen LogP contribution in [-0.4, -0.2) is 35.1 Å². The molecule has 1 heterocycles. The summed E-state index contributed by atoms with van der Waals surface area (Å²) in [4.78, 5) is 10.5. The van der Waals surface area contributed by atoms with Crippen LogP contribution in [0.1, 0.15) is 0 Å². The van der Waals surface area contributed by atoms with E-state index in [2.05, 4.69) is 5.10 Å². The van der Waals surface area contributed by atoms with Gasteiger partial charge in [0.05, 0.1) is 28.5 Å². The summed E-state index contributed by atoms with van der Waals surface area (Å²) in [6, 6.07) is 6.12. The van der Waals surface area contributed by atoms with Crippen molar-refractivity contribution in [3.8, 4) is 11.3 Å². The maximum atomic E-state index is 11.1. The van der Waals surface area contributed by atoms with Crippen molar-refractivity contribution in [2.45, 2.75) is 6.54 Å². The van der Waals surface area contributed by atoms with Gasteiger partial charge in [-0.2, -0.15) is 5.10 Å². The molecular weight excluding hydrogens is 296 g/mol. The molecule has 0 saturated heterocycles. The summed E-state index contributed by atoms with van der Waals surface area (Å²) in [6.07, 6.45) is 2.60. The molecule has 0 saturated carbocycles. The summed E-state index contributed by atoms with van der Waals surface area (Å²) in [5, 5.41) is 15.2. The first-order valence-electron chi connectivity index (χ1n) is 6.02. The van der Waals surface area contributed by atoms with E-state index in [1.807, 2.05) is 0 Å². The van der Waals surface area contributed by atoms with E-state index in [1.165, 1.54) is 16.9 Å². The lowest BCUT2D eigenvalue weighted by molar-refractivity contribution is -0.384. The SMILES string of the molecule is CS(=O)(=O)CCn1cc(N)c(-c2ccccc2[N+](=O)[O-])n1. The van der Waals surface area contributed by atoms with Gasteiger partial charge in [0.15, 0.2) is 0 Å². The third-order valence-corrected chi connectivity index (χ3v) is 3.76. The molecule has 0 bridgehead atoms. The van der Waals surface area contributed by atoms with E-state index in [0.717, 1.165) is 6.26 Å². The summed E-state index contributed by atoms with van der Waals surface area (Å²) >= 11 is 0. The van der Waals surface area contributed by atoms with Crippen LogP contribution in [0.2, 0.25) is 0 Å². The van der Waals surface area contributed by atoms with Crippen LogP contribution in [0.15, 0.2) is 30.5 Å². The van der Waals surface area contributed by atoms with Crippen LogP contribution in [0.4, 0.5) is 11.4 Å². The highest BCUT2D eigenvalue weighted by Crippen LogP contribution is 2.31. The molecule has 0 aliphatic carbocycles. The fourth-order valence-corrected chi connectivity index (χ4v) is 2.37. The molecule has 0 unspecified atom stereocenters. The minimum atomic E-state index is -3.12. The highest BCUT2D eigenvalue weighted by molar-refractivity contribution is 7.90. The van der Waals surface area contributed by atoms with E-state index in [-0.39, 0.29) is 29.4 Å². The van der Waals surface area contributed by atoms with Gasteiger partial charge >= 0.3 is 0 Å². The number of rotatable bonds is 5. The Morgan fingerprint density at radius 3 is 2.67 bits per heavy atom. The molecule has 21 heavy (non-hydrogen) atoms. The molecule has 0 amide bonds. The monoisotopic (exact) mass is 310 g/mol. The van der Waals surface area contributed by atoms with Crippen LogP contribution in [0.5, 0.6) is 0 Å². The van der Waals surface area contributed by atoms with Gasteiger partial charge in [0.2, 0.25) is 0 Å². The zero-order chi connectivity index (χ0) is 15.6. The van der Waals surface area contributed by atoms with E-state index in [0.29, 0.717) is 5.56 Å². The summed E-state index contributed by atoms with van der Waals surface area (Å²) in [5.41, 5.74) is 6.57. The van der Waals surface area contributed by atoms with Gasteiger partial charge in [0.25, 0.3) is 5.69 Å². The second kappa shape index (κ2) is 5.52. The molecule has 8 nitrogen and oxygen atoms in total. The molecule has 2 aromatic rings. The molecule has 0 aliphatic heterocycles. The smallest absolute Gasteiger partial charge is 0.278 e. The Balaban J connectivity index is 2.38. The van der Waals surface area contributed by atoms with Gasteiger partial charge in [-0.25, -0.2) is 8.42 Å². The van der Waals surface area contributed by atoms with Crippen LogP contribution in [0, 0.1) is 10.1 Å². The fraction of sp³-hybridized carbons (Fsp3) is 0.250. The summed E-state index contributed by atoms with van der Waals surface area (Å²) in [7, 11) is -3.12. The van der Waals surface area contributed by atoms with Crippen molar-refractivity contribution in [2.24, 2.45) is 0 Å². The highest BCUT2D eigenvalue weighted by atomic mass is 32.2. The predicted molar refractivity (Wildman–Crippen MR) is 78.4 cm³/mol. The number of anilines is 1. The molecule has 2 rings (SSSR count). The fourth-order valence-electron chi connectivity index (χ4n) is 1.85. The van der Waals surface area contributed by atoms with Gasteiger partial charge in [-0.15, -0.1) is 0 Å². The second-order valence-corrected chi connectivity index (χ2v) is 6.86. The van der Waals surface area contributed by atoms with Crippen molar-refractivity contribution in [3.63, 3.8) is 0 Å². The van der Waals surface area contributed by atoms with Crippen molar-refractivity contribution < 1.29 is 13.3 Å². The minimum Gasteiger partial charge on any atom is -0.396 e. The lowest BCUT2D eigenvalue weighted by Gasteiger charge is -2.01. The first-order valence-corrected chi connectivity index (χ1v) is 8.08. The zero-order valence-corrected chi connectivity index (χ0v) is 12.1. The number of nitro groups is 1. The van der Waals surface area contributed by atoms with Gasteiger partial charge in [-0.05, 0) is 6.07 Å². The number of para-hydroxylation sites is 1. The highest BCUT2D eigenvalue weighted by Gasteiger charge is 2.19. The molecule has 112 valence electrons. The van der Waals surface area contributed by atoms with Crippen LogP contribution >= 0.6 is 0 Å². The zero-order valence-electron chi connectivity index (χ0n) is 11.3. The van der Waals surface area contributed by atoms with Crippen molar-refractivity contribution in [3.05, 3.63) is 40.6 Å². The van der Waals surface area contributed by atoms with Crippen molar-refractivity contribution in [1.29, 1.82) is 0 Å². The van der Waals surface area contributed by atoms with Crippen LogP contribution in [0.3, 0.4) is 0 Å². The molecule has 9 heteroatoms. The lowest BCUT2D eigenvalue weighted by atomic mass is 10.1. The number of hydrogen-bond donors (Lipinski definition) is 1. The topological polar surface area (TPSA) is 121 Å². The maximum absolute atomic E-state index is 11.1. The molecule has 2 N–H and O–H groups in total. The van der Waals surface area contributed by atoms with E-state index < -0.39 is 14.8 Å². The number of nitrogen functional groups attached to an aromatic ring is 1. The number of aryl methyl sites for hydroxylation is 1. The van der Waals surface area contributed by atoms with Gasteiger partial charge < -0.3 is 5.73 Å². The summed E-state index contributed by atoms with van der Waals surface area (Å²) in [5.74, 6) is -0.0789. The average molecular weight is 310 g/mol. The van der Waals surface area contributed by atoms with Gasteiger partial charge in [0.1, 0.15) is 15.5 Å². The molecule has 0 spiro atoms.